The van der Waals surface area contributed by atoms with E-state index in [0.717, 1.165) is 19.3 Å². The van der Waals surface area contributed by atoms with Gasteiger partial charge in [-0.25, -0.2) is 4.31 Å². The molecule has 2 aliphatic heterocycles. The predicted molar refractivity (Wildman–Crippen MR) is 58.2 cm³/mol. The quantitative estimate of drug-likeness (QED) is 0.610. The lowest BCUT2D eigenvalue weighted by molar-refractivity contribution is -0.777. The summed E-state index contributed by atoms with van der Waals surface area (Å²) in [5, 5.41) is 10.9. The first-order valence-corrected chi connectivity index (χ1v) is 7.54. The number of piperidine rings is 1. The summed E-state index contributed by atoms with van der Waals surface area (Å²) in [6.45, 7) is 1.41. The number of carboxylic acid groups (broad SMARTS) is 1. The van der Waals surface area contributed by atoms with E-state index in [9.17, 15) is 18.3 Å². The van der Waals surface area contributed by atoms with Crippen LogP contribution in [0.25, 0.3) is 0 Å². The zero-order valence-corrected chi connectivity index (χ0v) is 10.5. The van der Waals surface area contributed by atoms with E-state index in [2.05, 4.69) is 0 Å². The zero-order chi connectivity index (χ0) is 12.5. The van der Waals surface area contributed by atoms with Crippen molar-refractivity contribution in [3.8, 4) is 0 Å². The fraction of sp³-hybridized carbons (Fsp3) is 0.900. The summed E-state index contributed by atoms with van der Waals surface area (Å²) in [5.41, 5.74) is 0. The molecule has 1 N–H and O–H groups in total. The molecule has 0 aromatic rings. The molecule has 98 valence electrons. The van der Waals surface area contributed by atoms with Gasteiger partial charge in [-0.15, -0.1) is 0 Å². The van der Waals surface area contributed by atoms with Crippen molar-refractivity contribution in [1.82, 2.24) is 4.31 Å². The predicted octanol–water partition coefficient (Wildman–Crippen LogP) is -2.49. The smallest absolute Gasteiger partial charge is 0.371 e. The molecule has 0 aromatic carbocycles. The molecule has 6 nitrogen and oxygen atoms in total. The van der Waals surface area contributed by atoms with Crippen LogP contribution in [0.3, 0.4) is 0 Å². The third kappa shape index (κ3) is 2.46. The molecule has 2 rings (SSSR count). The van der Waals surface area contributed by atoms with Crippen LogP contribution in [0, 0.1) is 0 Å². The fourth-order valence-electron chi connectivity index (χ4n) is 2.64. The van der Waals surface area contributed by atoms with Crippen molar-refractivity contribution in [2.24, 2.45) is 0 Å². The summed E-state index contributed by atoms with van der Waals surface area (Å²) in [4.78, 5) is 10.9. The number of rotatable bonds is 3. The van der Waals surface area contributed by atoms with Crippen LogP contribution >= 0.6 is 0 Å². The van der Waals surface area contributed by atoms with Gasteiger partial charge in [0.05, 0.1) is 6.54 Å². The number of hydrogen-bond donors (Lipinski definition) is 1. The van der Waals surface area contributed by atoms with Crippen LogP contribution < -0.4 is 9.41 Å². The Morgan fingerprint density at radius 3 is 2.41 bits per heavy atom. The molecule has 1 unspecified atom stereocenters. The van der Waals surface area contributed by atoms with Gasteiger partial charge >= 0.3 is 10.2 Å². The highest BCUT2D eigenvalue weighted by Gasteiger charge is 2.42. The first-order valence-electron chi connectivity index (χ1n) is 6.10. The molecule has 0 spiro atoms. The van der Waals surface area contributed by atoms with Crippen molar-refractivity contribution in [1.29, 1.82) is 0 Å². The summed E-state index contributed by atoms with van der Waals surface area (Å²) >= 11 is 0. The number of quaternary nitrogens is 1. The molecular weight excluding hydrogens is 244 g/mol. The maximum Gasteiger partial charge on any atom is 0.371 e. The van der Waals surface area contributed by atoms with Gasteiger partial charge in [-0.2, -0.15) is 12.7 Å². The average molecular weight is 262 g/mol. The molecule has 7 heteroatoms. The standard InChI is InChI=1S/C10H18N2O4S/c13-10(14)9-5-4-8-12(9)17(15,16)11-6-2-1-3-7-11/h9H,1-8H2,(H,13,14)/t9-/m1/s1. The Labute approximate surface area is 101 Å². The van der Waals surface area contributed by atoms with E-state index in [-0.39, 0.29) is 4.31 Å². The molecular formula is C10H18N2O4S. The lowest BCUT2D eigenvalue weighted by Gasteiger charge is -2.30. The zero-order valence-electron chi connectivity index (χ0n) is 9.72. The molecule has 2 fully saturated rings. The number of aliphatic carboxylic acids is 1. The molecule has 2 saturated heterocycles. The highest BCUT2D eigenvalue weighted by atomic mass is 32.2. The molecule has 17 heavy (non-hydrogen) atoms. The Balaban J connectivity index is 2.16. The van der Waals surface area contributed by atoms with Gasteiger partial charge in [0.25, 0.3) is 0 Å². The average Bonchev–Trinajstić information content (AvgIpc) is 2.80. The van der Waals surface area contributed by atoms with Gasteiger partial charge in [0.1, 0.15) is 12.0 Å². The molecule has 0 aromatic heterocycles. The van der Waals surface area contributed by atoms with Crippen LogP contribution in [-0.2, 0) is 15.0 Å². The van der Waals surface area contributed by atoms with Crippen LogP contribution in [0.5, 0.6) is 0 Å². The van der Waals surface area contributed by atoms with Crippen molar-refractivity contribution >= 4 is 16.2 Å². The number of carboxylic acids is 1. The molecule has 0 aliphatic carbocycles. The SMILES string of the molecule is O=C([O-])[C@H]1CCC[NH+]1S(=O)(=O)N1CCCCC1. The number of carbonyl (C=O) groups is 1. The van der Waals surface area contributed by atoms with Crippen LogP contribution in [0.1, 0.15) is 32.1 Å². The first kappa shape index (κ1) is 12.8. The molecule has 2 atom stereocenters. The van der Waals surface area contributed by atoms with E-state index in [0.29, 0.717) is 32.5 Å². The topological polar surface area (TPSA) is 81.9 Å². The van der Waals surface area contributed by atoms with E-state index in [4.69, 9.17) is 0 Å². The van der Waals surface area contributed by atoms with Crippen molar-refractivity contribution < 1.29 is 22.6 Å². The third-order valence-corrected chi connectivity index (χ3v) is 5.77. The van der Waals surface area contributed by atoms with E-state index < -0.39 is 22.2 Å². The van der Waals surface area contributed by atoms with Gasteiger partial charge in [0, 0.05) is 25.9 Å². The number of hydrogen-bond acceptors (Lipinski definition) is 4. The normalized spacial score (nSPS) is 31.5. The van der Waals surface area contributed by atoms with E-state index in [1.54, 1.807) is 0 Å². The summed E-state index contributed by atoms with van der Waals surface area (Å²) < 4.78 is 26.2. The fourth-order valence-corrected chi connectivity index (χ4v) is 4.69. The van der Waals surface area contributed by atoms with Gasteiger partial charge < -0.3 is 9.90 Å². The van der Waals surface area contributed by atoms with Gasteiger partial charge in [0.15, 0.2) is 0 Å². The maximum atomic E-state index is 12.3. The lowest BCUT2D eigenvalue weighted by Crippen LogP contribution is -3.18. The van der Waals surface area contributed by atoms with Crippen LogP contribution in [-0.4, -0.2) is 44.4 Å². The van der Waals surface area contributed by atoms with Crippen molar-refractivity contribution in [3.63, 3.8) is 0 Å². The minimum absolute atomic E-state index is 0.166. The van der Waals surface area contributed by atoms with Gasteiger partial charge in [0.2, 0.25) is 0 Å². The largest absolute Gasteiger partial charge is 0.544 e. The first-order chi connectivity index (χ1) is 8.03. The molecule has 2 heterocycles. The van der Waals surface area contributed by atoms with E-state index in [1.165, 1.54) is 4.31 Å². The minimum atomic E-state index is -3.53. The molecule has 2 aliphatic rings. The maximum absolute atomic E-state index is 12.3. The van der Waals surface area contributed by atoms with Crippen molar-refractivity contribution in [2.75, 3.05) is 19.6 Å². The Hall–Kier alpha value is -0.660. The third-order valence-electron chi connectivity index (χ3n) is 3.58. The number of carbonyl (C=O) groups excluding carboxylic acids is 1. The molecule has 0 radical (unpaired) electrons. The monoisotopic (exact) mass is 262 g/mol. The lowest BCUT2D eigenvalue weighted by atomic mass is 10.2. The molecule has 0 bridgehead atoms. The Morgan fingerprint density at radius 2 is 1.82 bits per heavy atom. The second kappa shape index (κ2) is 4.91. The molecule has 0 saturated carbocycles. The highest BCUT2D eigenvalue weighted by Crippen LogP contribution is 2.12. The summed E-state index contributed by atoms with van der Waals surface area (Å²) in [5.74, 6) is -1.25. The summed E-state index contributed by atoms with van der Waals surface area (Å²) in [6.07, 6.45) is 3.79. The summed E-state index contributed by atoms with van der Waals surface area (Å²) in [7, 11) is -3.53. The Kier molecular flexibility index (Phi) is 3.70. The van der Waals surface area contributed by atoms with Crippen molar-refractivity contribution in [2.45, 2.75) is 38.1 Å². The second-order valence-electron chi connectivity index (χ2n) is 4.69. The Morgan fingerprint density at radius 1 is 1.18 bits per heavy atom. The summed E-state index contributed by atoms with van der Waals surface area (Å²) in [6, 6.07) is -0.901. The number of nitrogens with one attached hydrogen (secondary N) is 1. The van der Waals surface area contributed by atoms with Crippen LogP contribution in [0.15, 0.2) is 0 Å². The highest BCUT2D eigenvalue weighted by molar-refractivity contribution is 7.82. The Bertz CT molecular complexity index is 389. The minimum Gasteiger partial charge on any atom is -0.544 e. The van der Waals surface area contributed by atoms with E-state index >= 15 is 0 Å². The number of nitrogens with zero attached hydrogens (tertiary/aromatic N) is 1. The van der Waals surface area contributed by atoms with Gasteiger partial charge in [-0.1, -0.05) is 6.42 Å². The van der Waals surface area contributed by atoms with Crippen LogP contribution in [0.2, 0.25) is 0 Å². The second-order valence-corrected chi connectivity index (χ2v) is 6.69. The van der Waals surface area contributed by atoms with Crippen molar-refractivity contribution in [3.05, 3.63) is 0 Å². The molecule has 0 amide bonds. The van der Waals surface area contributed by atoms with E-state index in [1.807, 2.05) is 0 Å². The van der Waals surface area contributed by atoms with Crippen LogP contribution in [0.4, 0.5) is 0 Å². The van der Waals surface area contributed by atoms with Gasteiger partial charge in [-0.05, 0) is 12.8 Å². The van der Waals surface area contributed by atoms with Gasteiger partial charge in [-0.3, -0.25) is 0 Å².